The van der Waals surface area contributed by atoms with Crippen molar-refractivity contribution in [2.45, 2.75) is 50.5 Å². The highest BCUT2D eigenvalue weighted by Gasteiger charge is 2.46. The van der Waals surface area contributed by atoms with Crippen LogP contribution < -0.4 is 0 Å². The summed E-state index contributed by atoms with van der Waals surface area (Å²) >= 11 is 0. The molecule has 0 aliphatic carbocycles. The summed E-state index contributed by atoms with van der Waals surface area (Å²) in [5, 5.41) is 39.5. The second-order valence-corrected chi connectivity index (χ2v) is 4.36. The Bertz CT molecular complexity index is 237. The molecular formula is C10H21NO6. The lowest BCUT2D eigenvalue weighted by Crippen LogP contribution is -2.63. The van der Waals surface area contributed by atoms with Gasteiger partial charge >= 0.3 is 0 Å². The topological polar surface area (TPSA) is 103 Å². The van der Waals surface area contributed by atoms with Gasteiger partial charge in [-0.3, -0.25) is 4.84 Å². The van der Waals surface area contributed by atoms with Crippen molar-refractivity contribution in [2.24, 2.45) is 0 Å². The van der Waals surface area contributed by atoms with Gasteiger partial charge in [0, 0.05) is 6.04 Å². The zero-order valence-corrected chi connectivity index (χ0v) is 10.2. The van der Waals surface area contributed by atoms with Gasteiger partial charge in [-0.05, 0) is 13.8 Å². The Morgan fingerprint density at radius 2 is 1.76 bits per heavy atom. The van der Waals surface area contributed by atoms with Gasteiger partial charge in [-0.1, -0.05) is 0 Å². The highest BCUT2D eigenvalue weighted by Crippen LogP contribution is 2.24. The standard InChI is InChI=1S/C10H21NO6/c1-5(2)11(16-3)10-9(15)8(14)7(13)6(4-12)17-10/h5-10,12-15H,4H2,1-3H3/t6?,7-,8?,9?,10-/m0/s1. The highest BCUT2D eigenvalue weighted by molar-refractivity contribution is 4.91. The van der Waals surface area contributed by atoms with Crippen LogP contribution in [0.5, 0.6) is 0 Å². The SMILES string of the molecule is CON(C(C)C)[C@H]1OC(CO)[C@H](O)C(O)C1O. The Morgan fingerprint density at radius 3 is 2.18 bits per heavy atom. The predicted octanol–water partition coefficient (Wildman–Crippen LogP) is -1.94. The maximum atomic E-state index is 9.83. The van der Waals surface area contributed by atoms with Gasteiger partial charge in [-0.2, -0.15) is 5.06 Å². The van der Waals surface area contributed by atoms with Crippen LogP contribution >= 0.6 is 0 Å². The number of rotatable bonds is 4. The third-order valence-corrected chi connectivity index (χ3v) is 2.84. The van der Waals surface area contributed by atoms with E-state index in [4.69, 9.17) is 14.7 Å². The predicted molar refractivity (Wildman–Crippen MR) is 57.8 cm³/mol. The lowest BCUT2D eigenvalue weighted by molar-refractivity contribution is -0.336. The quantitative estimate of drug-likeness (QED) is 0.431. The van der Waals surface area contributed by atoms with Crippen molar-refractivity contribution in [1.29, 1.82) is 0 Å². The maximum absolute atomic E-state index is 9.83. The minimum atomic E-state index is -1.39. The third kappa shape index (κ3) is 2.94. The largest absolute Gasteiger partial charge is 0.394 e. The van der Waals surface area contributed by atoms with Crippen molar-refractivity contribution in [1.82, 2.24) is 5.06 Å². The molecule has 0 radical (unpaired) electrons. The summed E-state index contributed by atoms with van der Waals surface area (Å²) < 4.78 is 5.34. The molecule has 5 atom stereocenters. The molecule has 0 amide bonds. The first-order chi connectivity index (χ1) is 7.93. The van der Waals surface area contributed by atoms with E-state index in [-0.39, 0.29) is 6.04 Å². The first-order valence-electron chi connectivity index (χ1n) is 5.57. The van der Waals surface area contributed by atoms with Gasteiger partial charge in [0.2, 0.25) is 0 Å². The van der Waals surface area contributed by atoms with Gasteiger partial charge < -0.3 is 25.2 Å². The average Bonchev–Trinajstić information content (AvgIpc) is 2.29. The van der Waals surface area contributed by atoms with E-state index < -0.39 is 37.3 Å². The van der Waals surface area contributed by atoms with Crippen LogP contribution in [0.2, 0.25) is 0 Å². The molecule has 1 heterocycles. The van der Waals surface area contributed by atoms with Crippen molar-refractivity contribution in [3.05, 3.63) is 0 Å². The van der Waals surface area contributed by atoms with Gasteiger partial charge in [-0.15, -0.1) is 0 Å². The first-order valence-corrected chi connectivity index (χ1v) is 5.57. The first kappa shape index (κ1) is 14.8. The number of hydroxylamine groups is 2. The summed E-state index contributed by atoms with van der Waals surface area (Å²) in [5.41, 5.74) is 0. The second kappa shape index (κ2) is 6.05. The van der Waals surface area contributed by atoms with Crippen molar-refractivity contribution in [2.75, 3.05) is 13.7 Å². The number of ether oxygens (including phenoxy) is 1. The van der Waals surface area contributed by atoms with Gasteiger partial charge in [0.05, 0.1) is 13.7 Å². The molecule has 3 unspecified atom stereocenters. The fraction of sp³-hybridized carbons (Fsp3) is 1.00. The Labute approximate surface area is 100 Å². The van der Waals surface area contributed by atoms with Crippen LogP contribution in [0.3, 0.4) is 0 Å². The molecule has 4 N–H and O–H groups in total. The van der Waals surface area contributed by atoms with Crippen LogP contribution in [0.1, 0.15) is 13.8 Å². The van der Waals surface area contributed by atoms with E-state index in [1.54, 1.807) is 0 Å². The van der Waals surface area contributed by atoms with Gasteiger partial charge in [-0.25, -0.2) is 0 Å². The summed E-state index contributed by atoms with van der Waals surface area (Å²) in [4.78, 5) is 5.07. The molecule has 1 saturated heterocycles. The van der Waals surface area contributed by atoms with E-state index in [2.05, 4.69) is 0 Å². The number of aliphatic hydroxyl groups is 4. The summed E-state index contributed by atoms with van der Waals surface area (Å²) in [5.74, 6) is 0. The Kier molecular flexibility index (Phi) is 5.26. The van der Waals surface area contributed by atoms with Crippen molar-refractivity contribution < 1.29 is 30.0 Å². The van der Waals surface area contributed by atoms with Crippen LogP contribution in [-0.2, 0) is 9.57 Å². The van der Waals surface area contributed by atoms with E-state index in [9.17, 15) is 15.3 Å². The van der Waals surface area contributed by atoms with Crippen molar-refractivity contribution >= 4 is 0 Å². The zero-order valence-electron chi connectivity index (χ0n) is 10.2. The van der Waals surface area contributed by atoms with Crippen LogP contribution in [0.15, 0.2) is 0 Å². The molecule has 1 aliphatic rings. The molecule has 0 aromatic rings. The minimum Gasteiger partial charge on any atom is -0.394 e. The molecule has 1 rings (SSSR count). The number of hydrogen-bond donors (Lipinski definition) is 4. The fourth-order valence-corrected chi connectivity index (χ4v) is 1.90. The van der Waals surface area contributed by atoms with Gasteiger partial charge in [0.25, 0.3) is 0 Å². The molecule has 0 aromatic heterocycles. The maximum Gasteiger partial charge on any atom is 0.162 e. The Hall–Kier alpha value is -0.280. The zero-order chi connectivity index (χ0) is 13.2. The molecule has 7 heteroatoms. The fourth-order valence-electron chi connectivity index (χ4n) is 1.90. The number of hydrogen-bond acceptors (Lipinski definition) is 7. The summed E-state index contributed by atoms with van der Waals surface area (Å²) in [6.07, 6.45) is -5.90. The van der Waals surface area contributed by atoms with Crippen LogP contribution in [0.25, 0.3) is 0 Å². The normalized spacial score (nSPS) is 39.0. The molecule has 0 spiro atoms. The smallest absolute Gasteiger partial charge is 0.162 e. The monoisotopic (exact) mass is 251 g/mol. The number of nitrogens with zero attached hydrogens (tertiary/aromatic N) is 1. The third-order valence-electron chi connectivity index (χ3n) is 2.84. The van der Waals surface area contributed by atoms with Crippen LogP contribution in [0, 0.1) is 0 Å². The number of aliphatic hydroxyl groups excluding tert-OH is 4. The molecule has 0 bridgehead atoms. The van der Waals surface area contributed by atoms with Gasteiger partial charge in [0.1, 0.15) is 24.4 Å². The molecule has 1 fully saturated rings. The summed E-state index contributed by atoms with van der Waals surface area (Å²) in [6, 6.07) is -0.0959. The highest BCUT2D eigenvalue weighted by atomic mass is 16.7. The Balaban J connectivity index is 2.84. The average molecular weight is 251 g/mol. The van der Waals surface area contributed by atoms with E-state index in [1.165, 1.54) is 12.2 Å². The summed E-state index contributed by atoms with van der Waals surface area (Å²) in [7, 11) is 1.42. The lowest BCUT2D eigenvalue weighted by atomic mass is 9.98. The molecule has 1 aliphatic heterocycles. The molecule has 0 saturated carbocycles. The molecule has 0 aromatic carbocycles. The molecular weight excluding hydrogens is 230 g/mol. The molecule has 17 heavy (non-hydrogen) atoms. The van der Waals surface area contributed by atoms with Crippen molar-refractivity contribution in [3.8, 4) is 0 Å². The van der Waals surface area contributed by atoms with E-state index in [0.717, 1.165) is 0 Å². The summed E-state index contributed by atoms with van der Waals surface area (Å²) in [6.45, 7) is 3.20. The van der Waals surface area contributed by atoms with Gasteiger partial charge in [0.15, 0.2) is 6.23 Å². The van der Waals surface area contributed by atoms with E-state index in [0.29, 0.717) is 0 Å². The Morgan fingerprint density at radius 1 is 1.18 bits per heavy atom. The lowest BCUT2D eigenvalue weighted by Gasteiger charge is -2.44. The molecule has 7 nitrogen and oxygen atoms in total. The van der Waals surface area contributed by atoms with E-state index >= 15 is 0 Å². The second-order valence-electron chi connectivity index (χ2n) is 4.36. The van der Waals surface area contributed by atoms with Crippen molar-refractivity contribution in [3.63, 3.8) is 0 Å². The van der Waals surface area contributed by atoms with Crippen LogP contribution in [0.4, 0.5) is 0 Å². The minimum absolute atomic E-state index is 0.0959. The van der Waals surface area contributed by atoms with Crippen LogP contribution in [-0.4, -0.2) is 75.9 Å². The molecule has 102 valence electrons. The van der Waals surface area contributed by atoms with E-state index in [1.807, 2.05) is 13.8 Å².